The lowest BCUT2D eigenvalue weighted by Gasteiger charge is -2.18. The Labute approximate surface area is 99.9 Å². The molecule has 0 saturated heterocycles. The Morgan fingerprint density at radius 2 is 2.00 bits per heavy atom. The largest absolute Gasteiger partial charge is 0.386 e. The molecule has 1 nitrogen and oxygen atoms in total. The molecule has 0 aromatic carbocycles. The summed E-state index contributed by atoms with van der Waals surface area (Å²) in [4.78, 5) is 0. The Hall–Kier alpha value is -1.08. The standard InChI is InChI=1S/C15H24O/c1-6-14(4)10-8-12-15(5,16)11-7-9-13(2)3/h6,8,10,12,16H,1-2,7,9,11H2,3-5H3/b12-8+,14-10+/t15-/m0/s1. The van der Waals surface area contributed by atoms with Crippen LogP contribution < -0.4 is 0 Å². The third-order valence-corrected chi connectivity index (χ3v) is 2.42. The highest BCUT2D eigenvalue weighted by atomic mass is 16.3. The van der Waals surface area contributed by atoms with E-state index in [0.717, 1.165) is 24.8 Å². The molecule has 0 amide bonds. The van der Waals surface area contributed by atoms with Crippen LogP contribution in [0.2, 0.25) is 0 Å². The molecule has 0 aliphatic rings. The van der Waals surface area contributed by atoms with E-state index < -0.39 is 5.60 Å². The lowest BCUT2D eigenvalue weighted by Crippen LogP contribution is -2.20. The normalized spacial score (nSPS) is 16.1. The summed E-state index contributed by atoms with van der Waals surface area (Å²) in [6.07, 6.45) is 10.2. The molecule has 0 fully saturated rings. The van der Waals surface area contributed by atoms with Gasteiger partial charge in [-0.25, -0.2) is 0 Å². The molecule has 0 radical (unpaired) electrons. The first-order valence-electron chi connectivity index (χ1n) is 5.73. The number of aliphatic hydroxyl groups is 1. The summed E-state index contributed by atoms with van der Waals surface area (Å²) in [6.45, 7) is 13.3. The molecule has 1 heteroatoms. The van der Waals surface area contributed by atoms with E-state index in [1.165, 1.54) is 5.57 Å². The summed E-state index contributed by atoms with van der Waals surface area (Å²) in [5, 5.41) is 10.0. The van der Waals surface area contributed by atoms with E-state index >= 15 is 0 Å². The van der Waals surface area contributed by atoms with Crippen molar-refractivity contribution in [2.45, 2.75) is 45.6 Å². The molecule has 1 atom stereocenters. The predicted octanol–water partition coefficient (Wildman–Crippen LogP) is 4.17. The van der Waals surface area contributed by atoms with Gasteiger partial charge in [0.05, 0.1) is 5.60 Å². The van der Waals surface area contributed by atoms with Crippen LogP contribution >= 0.6 is 0 Å². The summed E-state index contributed by atoms with van der Waals surface area (Å²) < 4.78 is 0. The summed E-state index contributed by atoms with van der Waals surface area (Å²) >= 11 is 0. The zero-order chi connectivity index (χ0) is 12.6. The second-order valence-corrected chi connectivity index (χ2v) is 4.64. The molecule has 0 unspecified atom stereocenters. The van der Waals surface area contributed by atoms with Crippen LogP contribution in [-0.4, -0.2) is 10.7 Å². The highest BCUT2D eigenvalue weighted by molar-refractivity contribution is 5.21. The van der Waals surface area contributed by atoms with Crippen molar-refractivity contribution < 1.29 is 5.11 Å². The lowest BCUT2D eigenvalue weighted by molar-refractivity contribution is 0.0995. The topological polar surface area (TPSA) is 20.2 Å². The molecule has 0 aromatic heterocycles. The molecule has 0 saturated carbocycles. The molecule has 0 bridgehead atoms. The minimum Gasteiger partial charge on any atom is -0.386 e. The molecule has 0 rings (SSSR count). The van der Waals surface area contributed by atoms with Gasteiger partial charge >= 0.3 is 0 Å². The molecule has 90 valence electrons. The Morgan fingerprint density at radius 3 is 2.50 bits per heavy atom. The summed E-state index contributed by atoms with van der Waals surface area (Å²) in [6, 6.07) is 0. The maximum absolute atomic E-state index is 10.0. The summed E-state index contributed by atoms with van der Waals surface area (Å²) in [7, 11) is 0. The van der Waals surface area contributed by atoms with Gasteiger partial charge in [0.2, 0.25) is 0 Å². The molecule has 0 aromatic rings. The average Bonchev–Trinajstić information content (AvgIpc) is 2.16. The van der Waals surface area contributed by atoms with Crippen LogP contribution in [0, 0.1) is 0 Å². The van der Waals surface area contributed by atoms with E-state index in [9.17, 15) is 5.11 Å². The number of hydrogen-bond acceptors (Lipinski definition) is 1. The molecule has 0 aliphatic carbocycles. The monoisotopic (exact) mass is 220 g/mol. The third kappa shape index (κ3) is 8.25. The smallest absolute Gasteiger partial charge is 0.0802 e. The minimum atomic E-state index is -0.729. The first-order chi connectivity index (χ1) is 7.37. The van der Waals surface area contributed by atoms with Gasteiger partial charge in [-0.1, -0.05) is 42.0 Å². The second-order valence-electron chi connectivity index (χ2n) is 4.64. The molecular weight excluding hydrogens is 196 g/mol. The van der Waals surface area contributed by atoms with Gasteiger partial charge in [0.25, 0.3) is 0 Å². The maximum atomic E-state index is 10.0. The number of rotatable bonds is 7. The first kappa shape index (κ1) is 14.9. The molecule has 0 heterocycles. The van der Waals surface area contributed by atoms with Crippen molar-refractivity contribution in [3.05, 3.63) is 48.6 Å². The van der Waals surface area contributed by atoms with Crippen LogP contribution in [0.1, 0.15) is 40.0 Å². The molecule has 1 N–H and O–H groups in total. The predicted molar refractivity (Wildman–Crippen MR) is 72.4 cm³/mol. The van der Waals surface area contributed by atoms with Crippen LogP contribution in [-0.2, 0) is 0 Å². The fraction of sp³-hybridized carbons (Fsp3) is 0.467. The number of hydrogen-bond donors (Lipinski definition) is 1. The van der Waals surface area contributed by atoms with E-state index in [-0.39, 0.29) is 0 Å². The Morgan fingerprint density at radius 1 is 1.38 bits per heavy atom. The lowest BCUT2D eigenvalue weighted by atomic mass is 9.97. The van der Waals surface area contributed by atoms with Gasteiger partial charge in [-0.2, -0.15) is 0 Å². The van der Waals surface area contributed by atoms with Crippen molar-refractivity contribution >= 4 is 0 Å². The van der Waals surface area contributed by atoms with Gasteiger partial charge in [-0.05, 0) is 40.0 Å². The fourth-order valence-corrected chi connectivity index (χ4v) is 1.31. The molecule has 0 spiro atoms. The fourth-order valence-electron chi connectivity index (χ4n) is 1.31. The highest BCUT2D eigenvalue weighted by Crippen LogP contribution is 2.17. The Kier molecular flexibility index (Phi) is 6.75. The quantitative estimate of drug-likeness (QED) is 0.504. The molecule has 0 aliphatic heterocycles. The second kappa shape index (κ2) is 7.24. The Bertz CT molecular complexity index is 293. The van der Waals surface area contributed by atoms with Crippen LogP contribution in [0.5, 0.6) is 0 Å². The zero-order valence-corrected chi connectivity index (χ0v) is 10.8. The van der Waals surface area contributed by atoms with Crippen molar-refractivity contribution in [1.29, 1.82) is 0 Å². The van der Waals surface area contributed by atoms with Gasteiger partial charge in [0.1, 0.15) is 0 Å². The minimum absolute atomic E-state index is 0.729. The van der Waals surface area contributed by atoms with Crippen molar-refractivity contribution in [1.82, 2.24) is 0 Å². The van der Waals surface area contributed by atoms with E-state index in [1.54, 1.807) is 6.08 Å². The van der Waals surface area contributed by atoms with E-state index in [4.69, 9.17) is 0 Å². The van der Waals surface area contributed by atoms with Crippen LogP contribution in [0.4, 0.5) is 0 Å². The average molecular weight is 220 g/mol. The van der Waals surface area contributed by atoms with Crippen LogP contribution in [0.3, 0.4) is 0 Å². The molecule has 16 heavy (non-hydrogen) atoms. The van der Waals surface area contributed by atoms with Gasteiger partial charge in [0, 0.05) is 0 Å². The maximum Gasteiger partial charge on any atom is 0.0802 e. The van der Waals surface area contributed by atoms with Crippen LogP contribution in [0.15, 0.2) is 48.6 Å². The van der Waals surface area contributed by atoms with Gasteiger partial charge in [-0.3, -0.25) is 0 Å². The van der Waals surface area contributed by atoms with Gasteiger partial charge in [0.15, 0.2) is 0 Å². The Balaban J connectivity index is 4.13. The van der Waals surface area contributed by atoms with Crippen molar-refractivity contribution in [2.75, 3.05) is 0 Å². The van der Waals surface area contributed by atoms with E-state index in [0.29, 0.717) is 0 Å². The van der Waals surface area contributed by atoms with Crippen molar-refractivity contribution in [3.63, 3.8) is 0 Å². The van der Waals surface area contributed by atoms with Crippen molar-refractivity contribution in [2.24, 2.45) is 0 Å². The summed E-state index contributed by atoms with van der Waals surface area (Å²) in [5.41, 5.74) is 1.53. The number of allylic oxidation sites excluding steroid dienone is 5. The van der Waals surface area contributed by atoms with E-state index in [2.05, 4.69) is 13.2 Å². The van der Waals surface area contributed by atoms with Gasteiger partial charge < -0.3 is 5.11 Å². The zero-order valence-electron chi connectivity index (χ0n) is 10.8. The summed E-state index contributed by atoms with van der Waals surface area (Å²) in [5.74, 6) is 0. The SMILES string of the molecule is C=C/C(C)=C/C=C/[C@@](C)(O)CCCC(=C)C. The molecular formula is C15H24O. The van der Waals surface area contributed by atoms with Crippen LogP contribution in [0.25, 0.3) is 0 Å². The van der Waals surface area contributed by atoms with Gasteiger partial charge in [-0.15, -0.1) is 6.58 Å². The third-order valence-electron chi connectivity index (χ3n) is 2.42. The van der Waals surface area contributed by atoms with E-state index in [1.807, 2.05) is 39.0 Å². The highest BCUT2D eigenvalue weighted by Gasteiger charge is 2.14. The first-order valence-corrected chi connectivity index (χ1v) is 5.73. The van der Waals surface area contributed by atoms with Crippen molar-refractivity contribution in [3.8, 4) is 0 Å².